The quantitative estimate of drug-likeness (QED) is 0.818. The molecule has 1 amide bonds. The fraction of sp³-hybridized carbons (Fsp3) is 0.462. The van der Waals surface area contributed by atoms with Gasteiger partial charge < -0.3 is 10.6 Å². The summed E-state index contributed by atoms with van der Waals surface area (Å²) in [6.45, 7) is 1.05. The van der Waals surface area contributed by atoms with E-state index in [2.05, 4.69) is 26.6 Å². The molecule has 2 rings (SSSR count). The molecule has 0 aliphatic carbocycles. The van der Waals surface area contributed by atoms with E-state index in [0.717, 1.165) is 10.7 Å². The zero-order chi connectivity index (χ0) is 14.8. The van der Waals surface area contributed by atoms with E-state index in [1.165, 1.54) is 0 Å². The first kappa shape index (κ1) is 18.4. The molecule has 0 bridgehead atoms. The summed E-state index contributed by atoms with van der Waals surface area (Å²) in [6.07, 6.45) is 1.73. The van der Waals surface area contributed by atoms with Gasteiger partial charge in [0.15, 0.2) is 14.6 Å². The van der Waals surface area contributed by atoms with Crippen molar-refractivity contribution in [1.82, 2.24) is 5.32 Å². The van der Waals surface area contributed by atoms with Crippen molar-refractivity contribution in [2.75, 3.05) is 24.7 Å². The lowest BCUT2D eigenvalue weighted by atomic mass is 9.95. The van der Waals surface area contributed by atoms with Gasteiger partial charge in [-0.05, 0) is 44.1 Å². The van der Waals surface area contributed by atoms with Crippen LogP contribution in [0.4, 0.5) is 5.69 Å². The summed E-state index contributed by atoms with van der Waals surface area (Å²) < 4.78 is 23.7. The number of hydrogen-bond acceptors (Lipinski definition) is 4. The molecule has 118 valence electrons. The third-order valence-electron chi connectivity index (χ3n) is 3.62. The van der Waals surface area contributed by atoms with Crippen LogP contribution < -0.4 is 10.6 Å². The molecular weight excluding hydrogens is 380 g/mol. The Morgan fingerprint density at radius 1 is 1.33 bits per heavy atom. The smallest absolute Gasteiger partial charge is 0.245 e. The molecule has 0 atom stereocenters. The molecule has 1 aromatic carbocycles. The van der Waals surface area contributed by atoms with Crippen LogP contribution in [0.1, 0.15) is 12.8 Å². The highest BCUT2D eigenvalue weighted by molar-refractivity contribution is 9.10. The first-order valence-electron chi connectivity index (χ1n) is 6.32. The molecule has 1 aliphatic heterocycles. The van der Waals surface area contributed by atoms with Gasteiger partial charge in [0, 0.05) is 16.4 Å². The van der Waals surface area contributed by atoms with E-state index in [1.807, 2.05) is 6.07 Å². The van der Waals surface area contributed by atoms with Gasteiger partial charge in [-0.15, -0.1) is 12.4 Å². The third kappa shape index (κ3) is 3.97. The SMILES string of the molecule is CS(=O)(=O)C1(C(=O)Nc2cccc(Br)c2)CCNCC1.Cl. The molecule has 0 radical (unpaired) electrons. The highest BCUT2D eigenvalue weighted by atomic mass is 79.9. The molecule has 0 unspecified atom stereocenters. The summed E-state index contributed by atoms with van der Waals surface area (Å²) in [4.78, 5) is 12.5. The van der Waals surface area contributed by atoms with E-state index >= 15 is 0 Å². The third-order valence-corrected chi connectivity index (χ3v) is 6.12. The number of hydrogen-bond donors (Lipinski definition) is 2. The van der Waals surface area contributed by atoms with Gasteiger partial charge in [0.2, 0.25) is 5.91 Å². The van der Waals surface area contributed by atoms with Crippen molar-refractivity contribution in [3.05, 3.63) is 28.7 Å². The molecule has 1 saturated heterocycles. The van der Waals surface area contributed by atoms with E-state index < -0.39 is 20.5 Å². The van der Waals surface area contributed by atoms with Gasteiger partial charge in [0.05, 0.1) is 0 Å². The molecule has 21 heavy (non-hydrogen) atoms. The van der Waals surface area contributed by atoms with Gasteiger partial charge in [-0.1, -0.05) is 22.0 Å². The van der Waals surface area contributed by atoms with Crippen LogP contribution >= 0.6 is 28.3 Å². The van der Waals surface area contributed by atoms with Crippen LogP contribution in [0.3, 0.4) is 0 Å². The molecule has 5 nitrogen and oxygen atoms in total. The minimum absolute atomic E-state index is 0. The van der Waals surface area contributed by atoms with Crippen molar-refractivity contribution in [2.45, 2.75) is 17.6 Å². The van der Waals surface area contributed by atoms with Gasteiger partial charge in [-0.25, -0.2) is 8.42 Å². The highest BCUT2D eigenvalue weighted by Crippen LogP contribution is 2.29. The van der Waals surface area contributed by atoms with Crippen molar-refractivity contribution in [2.24, 2.45) is 0 Å². The lowest BCUT2D eigenvalue weighted by Gasteiger charge is -2.34. The first-order valence-corrected chi connectivity index (χ1v) is 9.01. The lowest BCUT2D eigenvalue weighted by molar-refractivity contribution is -0.119. The molecule has 1 heterocycles. The fourth-order valence-corrected chi connectivity index (χ4v) is 4.14. The van der Waals surface area contributed by atoms with E-state index in [9.17, 15) is 13.2 Å². The molecule has 0 spiro atoms. The second kappa shape index (κ2) is 7.09. The predicted molar refractivity (Wildman–Crippen MR) is 89.7 cm³/mol. The van der Waals surface area contributed by atoms with Gasteiger partial charge in [-0.2, -0.15) is 0 Å². The van der Waals surface area contributed by atoms with Crippen molar-refractivity contribution in [3.8, 4) is 0 Å². The number of rotatable bonds is 3. The maximum Gasteiger partial charge on any atom is 0.245 e. The fourth-order valence-electron chi connectivity index (χ4n) is 2.41. The van der Waals surface area contributed by atoms with Gasteiger partial charge in [0.1, 0.15) is 0 Å². The number of piperidine rings is 1. The normalized spacial score (nSPS) is 17.6. The van der Waals surface area contributed by atoms with Crippen molar-refractivity contribution in [1.29, 1.82) is 0 Å². The van der Waals surface area contributed by atoms with Gasteiger partial charge >= 0.3 is 0 Å². The number of carbonyl (C=O) groups excluding carboxylic acids is 1. The Hall–Kier alpha value is -0.630. The molecule has 0 saturated carbocycles. The standard InChI is InChI=1S/C13H17BrN2O3S.ClH/c1-20(18,19)13(5-7-15-8-6-13)12(17)16-11-4-2-3-10(14)9-11;/h2-4,9,15H,5-8H2,1H3,(H,16,17);1H. The Labute approximate surface area is 139 Å². The number of sulfone groups is 1. The number of amides is 1. The summed E-state index contributed by atoms with van der Waals surface area (Å²) in [6, 6.07) is 7.11. The average Bonchev–Trinajstić information content (AvgIpc) is 2.38. The Morgan fingerprint density at radius 3 is 2.48 bits per heavy atom. The number of nitrogens with one attached hydrogen (secondary N) is 2. The lowest BCUT2D eigenvalue weighted by Crippen LogP contribution is -2.55. The van der Waals surface area contributed by atoms with Crippen molar-refractivity contribution < 1.29 is 13.2 Å². The minimum Gasteiger partial charge on any atom is -0.325 e. The summed E-state index contributed by atoms with van der Waals surface area (Å²) in [5.74, 6) is -0.445. The Balaban J connectivity index is 0.00000220. The Morgan fingerprint density at radius 2 is 1.95 bits per heavy atom. The van der Waals surface area contributed by atoms with Crippen LogP contribution in [0.2, 0.25) is 0 Å². The van der Waals surface area contributed by atoms with Gasteiger partial charge in [-0.3, -0.25) is 4.79 Å². The number of benzene rings is 1. The van der Waals surface area contributed by atoms with Crippen LogP contribution in [-0.2, 0) is 14.6 Å². The number of anilines is 1. The minimum atomic E-state index is -3.48. The molecule has 1 fully saturated rings. The largest absolute Gasteiger partial charge is 0.325 e. The van der Waals surface area contributed by atoms with Crippen molar-refractivity contribution in [3.63, 3.8) is 0 Å². The highest BCUT2D eigenvalue weighted by Gasteiger charge is 2.48. The number of carbonyl (C=O) groups is 1. The molecule has 2 N–H and O–H groups in total. The monoisotopic (exact) mass is 396 g/mol. The van der Waals surface area contributed by atoms with Gasteiger partial charge in [0.25, 0.3) is 0 Å². The summed E-state index contributed by atoms with van der Waals surface area (Å²) in [7, 11) is -3.48. The molecule has 8 heteroatoms. The maximum atomic E-state index is 12.5. The molecular formula is C13H18BrClN2O3S. The van der Waals surface area contributed by atoms with E-state index in [4.69, 9.17) is 0 Å². The van der Waals surface area contributed by atoms with Crippen LogP contribution in [0.5, 0.6) is 0 Å². The summed E-state index contributed by atoms with van der Waals surface area (Å²) in [5.41, 5.74) is 0.589. The Bertz CT molecular complexity index is 616. The zero-order valence-electron chi connectivity index (χ0n) is 11.6. The topological polar surface area (TPSA) is 75.3 Å². The zero-order valence-corrected chi connectivity index (χ0v) is 14.8. The molecule has 1 aliphatic rings. The van der Waals surface area contributed by atoms with Crippen LogP contribution in [0, 0.1) is 0 Å². The van der Waals surface area contributed by atoms with E-state index in [-0.39, 0.29) is 12.4 Å². The van der Waals surface area contributed by atoms with Crippen LogP contribution in [-0.4, -0.2) is 38.4 Å². The predicted octanol–water partition coefficient (Wildman–Crippen LogP) is 1.98. The first-order chi connectivity index (χ1) is 9.35. The maximum absolute atomic E-state index is 12.5. The van der Waals surface area contributed by atoms with E-state index in [0.29, 0.717) is 31.6 Å². The summed E-state index contributed by atoms with van der Waals surface area (Å²) >= 11 is 3.32. The second-order valence-electron chi connectivity index (χ2n) is 4.98. The van der Waals surface area contributed by atoms with Crippen molar-refractivity contribution >= 4 is 49.8 Å². The second-order valence-corrected chi connectivity index (χ2v) is 8.22. The summed E-state index contributed by atoms with van der Waals surface area (Å²) in [5, 5.41) is 5.81. The molecule has 1 aromatic rings. The Kier molecular flexibility index (Phi) is 6.22. The van der Waals surface area contributed by atoms with Crippen LogP contribution in [0.25, 0.3) is 0 Å². The molecule has 0 aromatic heterocycles. The average molecular weight is 398 g/mol. The van der Waals surface area contributed by atoms with E-state index in [1.54, 1.807) is 18.2 Å². The van der Waals surface area contributed by atoms with Crippen LogP contribution in [0.15, 0.2) is 28.7 Å². The number of halogens is 2.